The molecular weight excluding hydrogens is 532 g/mol. The molecule has 3 rings (SSSR count). The van der Waals surface area contributed by atoms with Gasteiger partial charge in [0, 0.05) is 9.50 Å². The fourth-order valence-corrected chi connectivity index (χ4v) is 4.63. The van der Waals surface area contributed by atoms with Gasteiger partial charge in [-0.1, -0.05) is 16.8 Å². The zero-order chi connectivity index (χ0) is 23.1. The molecular formula is C17H10BrClF4N4O3S. The van der Waals surface area contributed by atoms with Gasteiger partial charge >= 0.3 is 6.18 Å². The summed E-state index contributed by atoms with van der Waals surface area (Å²) in [5, 5.41) is 7.31. The van der Waals surface area contributed by atoms with Crippen LogP contribution in [0.15, 0.2) is 45.8 Å². The van der Waals surface area contributed by atoms with Crippen molar-refractivity contribution >= 4 is 43.5 Å². The van der Waals surface area contributed by atoms with E-state index in [0.717, 1.165) is 16.8 Å². The molecule has 0 fully saturated rings. The lowest BCUT2D eigenvalue weighted by Gasteiger charge is -2.12. The molecule has 0 radical (unpaired) electrons. The Morgan fingerprint density at radius 2 is 1.87 bits per heavy atom. The van der Waals surface area contributed by atoms with E-state index in [2.05, 4.69) is 26.2 Å². The van der Waals surface area contributed by atoms with Crippen LogP contribution in [0.25, 0.3) is 5.69 Å². The minimum absolute atomic E-state index is 0.0166. The van der Waals surface area contributed by atoms with Gasteiger partial charge in [-0.3, -0.25) is 4.79 Å². The van der Waals surface area contributed by atoms with Gasteiger partial charge in [0.15, 0.2) is 5.69 Å². The highest BCUT2D eigenvalue weighted by Crippen LogP contribution is 2.33. The molecule has 1 heterocycles. The molecule has 14 heteroatoms. The minimum atomic E-state index is -4.79. The average Bonchev–Trinajstić information content (AvgIpc) is 3.02. The van der Waals surface area contributed by atoms with E-state index in [1.54, 1.807) is 4.72 Å². The molecule has 7 nitrogen and oxygen atoms in total. The number of nitrogens with one attached hydrogen (secondary N) is 1. The van der Waals surface area contributed by atoms with Gasteiger partial charge in [-0.25, -0.2) is 22.2 Å². The molecule has 164 valence electrons. The lowest BCUT2D eigenvalue weighted by atomic mass is 10.2. The van der Waals surface area contributed by atoms with Crippen molar-refractivity contribution in [2.24, 2.45) is 0 Å². The third kappa shape index (κ3) is 4.72. The summed E-state index contributed by atoms with van der Waals surface area (Å²) >= 11 is 8.55. The number of amides is 1. The van der Waals surface area contributed by atoms with Crippen molar-refractivity contribution < 1.29 is 30.8 Å². The molecule has 0 aliphatic rings. The van der Waals surface area contributed by atoms with Crippen molar-refractivity contribution in [1.29, 1.82) is 0 Å². The molecule has 0 atom stereocenters. The average molecular weight is 542 g/mol. The first-order valence-electron chi connectivity index (χ1n) is 8.13. The quantitative estimate of drug-likeness (QED) is 0.498. The van der Waals surface area contributed by atoms with Gasteiger partial charge in [0.25, 0.3) is 15.9 Å². The summed E-state index contributed by atoms with van der Waals surface area (Å²) < 4.78 is 80.4. The largest absolute Gasteiger partial charge is 0.416 e. The van der Waals surface area contributed by atoms with Crippen LogP contribution in [0.3, 0.4) is 0 Å². The number of sulfonamides is 1. The maximum atomic E-state index is 14.1. The van der Waals surface area contributed by atoms with Gasteiger partial charge in [-0.05, 0) is 59.3 Å². The Hall–Kier alpha value is -2.51. The number of hydrogen-bond donors (Lipinski definition) is 1. The van der Waals surface area contributed by atoms with Crippen molar-refractivity contribution in [2.75, 3.05) is 0 Å². The lowest BCUT2D eigenvalue weighted by molar-refractivity contribution is -0.137. The van der Waals surface area contributed by atoms with Gasteiger partial charge in [-0.2, -0.15) is 13.2 Å². The molecule has 1 aromatic heterocycles. The number of halogens is 6. The van der Waals surface area contributed by atoms with Crippen LogP contribution in [0.5, 0.6) is 0 Å². The number of hydrogen-bond acceptors (Lipinski definition) is 5. The van der Waals surface area contributed by atoms with Gasteiger partial charge in [0.05, 0.1) is 11.3 Å². The summed E-state index contributed by atoms with van der Waals surface area (Å²) in [7, 11) is -4.72. The van der Waals surface area contributed by atoms with Crippen LogP contribution < -0.4 is 4.72 Å². The number of carbonyl (C=O) groups is 1. The van der Waals surface area contributed by atoms with Crippen LogP contribution in [0.4, 0.5) is 17.6 Å². The predicted molar refractivity (Wildman–Crippen MR) is 105 cm³/mol. The Bertz CT molecular complexity index is 1300. The molecule has 0 bridgehead atoms. The number of benzene rings is 2. The smallest absolute Gasteiger partial charge is 0.266 e. The van der Waals surface area contributed by atoms with E-state index in [-0.39, 0.29) is 20.9 Å². The first-order valence-corrected chi connectivity index (χ1v) is 10.8. The van der Waals surface area contributed by atoms with Crippen molar-refractivity contribution in [1.82, 2.24) is 19.7 Å². The van der Waals surface area contributed by atoms with Crippen LogP contribution in [0.2, 0.25) is 5.02 Å². The lowest BCUT2D eigenvalue weighted by Crippen LogP contribution is -2.32. The molecule has 0 saturated heterocycles. The molecule has 31 heavy (non-hydrogen) atoms. The molecule has 0 spiro atoms. The number of carbonyl (C=O) groups excluding carboxylic acids is 1. The van der Waals surface area contributed by atoms with E-state index in [9.17, 15) is 30.8 Å². The van der Waals surface area contributed by atoms with Crippen molar-refractivity contribution in [2.45, 2.75) is 18.0 Å². The monoisotopic (exact) mass is 540 g/mol. The van der Waals surface area contributed by atoms with Crippen LogP contribution in [0.1, 0.15) is 21.7 Å². The molecule has 0 unspecified atom stereocenters. The SMILES string of the molecule is Cc1c(C(=O)NS(=O)(=O)c2cc(C(F)(F)F)ccc2Br)nnn1-c1ccc(Cl)cc1F. The third-order valence-corrected chi connectivity index (χ3v) is 6.58. The molecule has 3 aromatic rings. The van der Waals surface area contributed by atoms with E-state index in [0.29, 0.717) is 12.1 Å². The van der Waals surface area contributed by atoms with E-state index in [4.69, 9.17) is 11.6 Å². The van der Waals surface area contributed by atoms with E-state index >= 15 is 0 Å². The highest BCUT2D eigenvalue weighted by atomic mass is 79.9. The highest BCUT2D eigenvalue weighted by Gasteiger charge is 2.33. The van der Waals surface area contributed by atoms with E-state index < -0.39 is 44.1 Å². The van der Waals surface area contributed by atoms with Crippen molar-refractivity contribution in [3.63, 3.8) is 0 Å². The standard InChI is InChI=1S/C17H10BrClF4N4O3S/c1-8-15(24-26-27(8)13-5-3-10(19)7-12(13)20)16(28)25-31(29,30)14-6-9(17(21,22)23)2-4-11(14)18/h2-7H,1H3,(H,25,28). The number of rotatable bonds is 4. The predicted octanol–water partition coefficient (Wildman–Crippen LogP) is 4.27. The molecule has 0 aliphatic heterocycles. The van der Waals surface area contributed by atoms with Crippen LogP contribution in [-0.2, 0) is 16.2 Å². The summed E-state index contributed by atoms with van der Waals surface area (Å²) in [6.45, 7) is 1.33. The van der Waals surface area contributed by atoms with Gasteiger partial charge in [0.2, 0.25) is 0 Å². The minimum Gasteiger partial charge on any atom is -0.266 e. The second-order valence-corrected chi connectivity index (χ2v) is 9.05. The Labute approximate surface area is 186 Å². The van der Waals surface area contributed by atoms with Crippen molar-refractivity contribution in [3.8, 4) is 5.69 Å². The molecule has 1 N–H and O–H groups in total. The Balaban J connectivity index is 1.94. The summed E-state index contributed by atoms with van der Waals surface area (Å²) in [5.41, 5.74) is -1.81. The van der Waals surface area contributed by atoms with Crippen molar-refractivity contribution in [3.05, 3.63) is 68.7 Å². The maximum Gasteiger partial charge on any atom is 0.416 e. The fourth-order valence-electron chi connectivity index (χ4n) is 2.53. The first-order chi connectivity index (χ1) is 14.3. The van der Waals surface area contributed by atoms with Crippen LogP contribution in [-0.4, -0.2) is 29.3 Å². The normalized spacial score (nSPS) is 12.1. The van der Waals surface area contributed by atoms with E-state index in [1.165, 1.54) is 19.1 Å². The third-order valence-electron chi connectivity index (χ3n) is 4.02. The molecule has 1 amide bonds. The second kappa shape index (κ2) is 8.20. The van der Waals surface area contributed by atoms with E-state index in [1.807, 2.05) is 0 Å². The molecule has 0 saturated carbocycles. The number of nitrogens with zero attached hydrogens (tertiary/aromatic N) is 3. The van der Waals surface area contributed by atoms with Gasteiger partial charge in [-0.15, -0.1) is 5.10 Å². The summed E-state index contributed by atoms with van der Waals surface area (Å²) in [6.07, 6.45) is -4.79. The Kier molecular flexibility index (Phi) is 6.13. The summed E-state index contributed by atoms with van der Waals surface area (Å²) in [6, 6.07) is 5.61. The van der Waals surface area contributed by atoms with Crippen LogP contribution >= 0.6 is 27.5 Å². The fraction of sp³-hybridized carbons (Fsp3) is 0.118. The Morgan fingerprint density at radius 1 is 1.19 bits per heavy atom. The zero-order valence-electron chi connectivity index (χ0n) is 15.2. The molecule has 0 aliphatic carbocycles. The van der Waals surface area contributed by atoms with Crippen LogP contribution in [0, 0.1) is 12.7 Å². The topological polar surface area (TPSA) is 93.9 Å². The van der Waals surface area contributed by atoms with Gasteiger partial charge in [0.1, 0.15) is 16.4 Å². The highest BCUT2D eigenvalue weighted by molar-refractivity contribution is 9.10. The summed E-state index contributed by atoms with van der Waals surface area (Å²) in [5.74, 6) is -2.03. The second-order valence-electron chi connectivity index (χ2n) is 6.11. The molecule has 2 aromatic carbocycles. The number of alkyl halides is 3. The first kappa shape index (κ1) is 23.2. The number of aromatic nitrogens is 3. The Morgan fingerprint density at radius 3 is 2.48 bits per heavy atom. The maximum absolute atomic E-state index is 14.1. The van der Waals surface area contributed by atoms with Gasteiger partial charge < -0.3 is 0 Å². The zero-order valence-corrected chi connectivity index (χ0v) is 18.4. The summed E-state index contributed by atoms with van der Waals surface area (Å²) in [4.78, 5) is 11.7.